The van der Waals surface area contributed by atoms with Crippen molar-refractivity contribution in [3.05, 3.63) is 72.3 Å². The van der Waals surface area contributed by atoms with Gasteiger partial charge in [-0.2, -0.15) is 47.1 Å². The zero-order valence-corrected chi connectivity index (χ0v) is 25.2. The van der Waals surface area contributed by atoms with Gasteiger partial charge in [-0.15, -0.1) is 0 Å². The quantitative estimate of drug-likeness (QED) is 0.112. The normalized spacial score (nSPS) is 14.2. The first-order valence-electron chi connectivity index (χ1n) is 12.6. The number of anilines is 2. The number of benzene rings is 2. The van der Waals surface area contributed by atoms with Crippen LogP contribution in [-0.2, 0) is 19.1 Å². The summed E-state index contributed by atoms with van der Waals surface area (Å²) in [5.41, 5.74) is 2.28. The lowest BCUT2D eigenvalue weighted by Gasteiger charge is -2.21. The summed E-state index contributed by atoms with van der Waals surface area (Å²) in [6, 6.07) is 14.4. The Kier molecular flexibility index (Phi) is 15.3. The SMILES string of the molecule is C=CC(=O)OCC.CCOC(=O)C1CC(C(F)(F)F)=NN1c1cccc(C#N)c1.N#Cc1cccc(N/N=C(\Br)C(F)(F)F)c1. The van der Waals surface area contributed by atoms with Crippen molar-refractivity contribution < 1.29 is 45.4 Å². The molecule has 1 aliphatic rings. The van der Waals surface area contributed by atoms with Crippen LogP contribution in [0.4, 0.5) is 37.7 Å². The molecule has 240 valence electrons. The molecular formula is C28H25BrF6N6O4. The maximum absolute atomic E-state index is 12.9. The Hall–Kier alpha value is -4.90. The van der Waals surface area contributed by atoms with E-state index in [9.17, 15) is 35.9 Å². The van der Waals surface area contributed by atoms with Gasteiger partial charge in [-0.3, -0.25) is 10.4 Å². The van der Waals surface area contributed by atoms with E-state index in [4.69, 9.17) is 15.3 Å². The first-order valence-corrected chi connectivity index (χ1v) is 13.4. The molecule has 2 aromatic carbocycles. The van der Waals surface area contributed by atoms with Crippen LogP contribution in [0.2, 0.25) is 0 Å². The molecule has 0 aromatic heterocycles. The summed E-state index contributed by atoms with van der Waals surface area (Å²) < 4.78 is 82.7. The molecule has 0 aliphatic carbocycles. The van der Waals surface area contributed by atoms with Crippen LogP contribution < -0.4 is 10.4 Å². The number of esters is 2. The van der Waals surface area contributed by atoms with Gasteiger partial charge in [0.15, 0.2) is 6.04 Å². The van der Waals surface area contributed by atoms with E-state index in [0.29, 0.717) is 17.9 Å². The van der Waals surface area contributed by atoms with Crippen LogP contribution in [-0.4, -0.2) is 53.9 Å². The predicted octanol–water partition coefficient (Wildman–Crippen LogP) is 6.59. The Bertz CT molecular complexity index is 1480. The fourth-order valence-corrected chi connectivity index (χ4v) is 3.19. The van der Waals surface area contributed by atoms with E-state index in [-0.39, 0.29) is 23.8 Å². The second-order valence-corrected chi connectivity index (χ2v) is 8.94. The molecular weight excluding hydrogens is 678 g/mol. The van der Waals surface area contributed by atoms with E-state index in [2.05, 4.69) is 42.9 Å². The summed E-state index contributed by atoms with van der Waals surface area (Å²) in [5, 5.41) is 25.0. The van der Waals surface area contributed by atoms with Crippen molar-refractivity contribution in [2.75, 3.05) is 23.6 Å². The molecule has 3 rings (SSSR count). The molecule has 10 nitrogen and oxygen atoms in total. The number of rotatable bonds is 7. The topological polar surface area (TPSA) is 140 Å². The summed E-state index contributed by atoms with van der Waals surface area (Å²) in [4.78, 5) is 22.0. The van der Waals surface area contributed by atoms with Crippen molar-refractivity contribution in [1.29, 1.82) is 10.5 Å². The van der Waals surface area contributed by atoms with Gasteiger partial charge in [0.05, 0.1) is 47.9 Å². The van der Waals surface area contributed by atoms with Crippen LogP contribution in [0.1, 0.15) is 31.4 Å². The van der Waals surface area contributed by atoms with Crippen LogP contribution in [0, 0.1) is 22.7 Å². The first kappa shape index (κ1) is 38.1. The molecule has 1 unspecified atom stereocenters. The first-order chi connectivity index (χ1) is 21.1. The molecule has 1 heterocycles. The number of hydrogen-bond acceptors (Lipinski definition) is 10. The van der Waals surface area contributed by atoms with Gasteiger partial charge in [-0.1, -0.05) is 18.7 Å². The van der Waals surface area contributed by atoms with E-state index < -0.39 is 41.1 Å². The molecule has 0 fully saturated rings. The monoisotopic (exact) mass is 702 g/mol. The number of halogens is 7. The number of carbonyl (C=O) groups excluding carboxylic acids is 2. The van der Waals surface area contributed by atoms with Gasteiger partial charge in [-0.05, 0) is 66.2 Å². The maximum Gasteiger partial charge on any atom is 0.441 e. The van der Waals surface area contributed by atoms with E-state index in [1.54, 1.807) is 13.8 Å². The lowest BCUT2D eigenvalue weighted by molar-refractivity contribution is -0.144. The fourth-order valence-electron chi connectivity index (χ4n) is 3.10. The largest absolute Gasteiger partial charge is 0.464 e. The number of alkyl halides is 6. The second kappa shape index (κ2) is 18.0. The number of hydrogen-bond donors (Lipinski definition) is 1. The Labute approximate surface area is 262 Å². The molecule has 0 amide bonds. The number of carbonyl (C=O) groups is 2. The predicted molar refractivity (Wildman–Crippen MR) is 156 cm³/mol. The summed E-state index contributed by atoms with van der Waals surface area (Å²) >= 11 is 2.29. The summed E-state index contributed by atoms with van der Waals surface area (Å²) in [6.45, 7) is 7.00. The minimum atomic E-state index is -4.62. The summed E-state index contributed by atoms with van der Waals surface area (Å²) in [7, 11) is 0. The molecule has 45 heavy (non-hydrogen) atoms. The third-order valence-electron chi connectivity index (χ3n) is 5.00. The number of nitriles is 2. The molecule has 0 bridgehead atoms. The lowest BCUT2D eigenvalue weighted by atomic mass is 10.1. The summed E-state index contributed by atoms with van der Waals surface area (Å²) in [6.07, 6.45) is -8.59. The number of ether oxygens (including phenoxy) is 2. The van der Waals surface area contributed by atoms with Gasteiger partial charge < -0.3 is 9.47 Å². The highest BCUT2D eigenvalue weighted by Gasteiger charge is 2.46. The van der Waals surface area contributed by atoms with Gasteiger partial charge in [0.25, 0.3) is 0 Å². The average molecular weight is 703 g/mol. The highest BCUT2D eigenvalue weighted by atomic mass is 79.9. The summed E-state index contributed by atoms with van der Waals surface area (Å²) in [5.74, 6) is -1.14. The third-order valence-corrected chi connectivity index (χ3v) is 5.62. The van der Waals surface area contributed by atoms with E-state index in [1.807, 2.05) is 12.1 Å². The number of hydrazone groups is 2. The molecule has 1 aliphatic heterocycles. The molecule has 17 heteroatoms. The van der Waals surface area contributed by atoms with Crippen molar-refractivity contribution in [2.24, 2.45) is 10.2 Å². The highest BCUT2D eigenvalue weighted by Crippen LogP contribution is 2.32. The van der Waals surface area contributed by atoms with Gasteiger partial charge in [-0.25, -0.2) is 9.59 Å². The Morgan fingerprint density at radius 3 is 2.13 bits per heavy atom. The van der Waals surface area contributed by atoms with Gasteiger partial charge in [0.1, 0.15) is 5.71 Å². The van der Waals surface area contributed by atoms with Crippen LogP contribution in [0.15, 0.2) is 71.4 Å². The van der Waals surface area contributed by atoms with E-state index >= 15 is 0 Å². The Balaban J connectivity index is 0.000000385. The van der Waals surface area contributed by atoms with Gasteiger partial charge in [0.2, 0.25) is 4.62 Å². The Morgan fingerprint density at radius 1 is 1.07 bits per heavy atom. The minimum absolute atomic E-state index is 0.0583. The zero-order valence-electron chi connectivity index (χ0n) is 23.6. The molecule has 1 N–H and O–H groups in total. The standard InChI is InChI=1S/C14H12F3N3O2.C9H5BrF3N3.C5H8O2/c1-2-22-13(21)11-7-12(14(15,16)17)19-20(11)10-5-3-4-9(6-10)8-18;10-8(9(11,12)13)16-15-7-3-1-2-6(4-7)5-14;1-3-5(6)7-4-2/h3-6,11H,2,7H2,1H3;1-4,15H;3H,1,4H2,2H3/b;16-8-;. The Morgan fingerprint density at radius 2 is 1.64 bits per heavy atom. The van der Waals surface area contributed by atoms with Crippen LogP contribution in [0.25, 0.3) is 0 Å². The third kappa shape index (κ3) is 13.1. The minimum Gasteiger partial charge on any atom is -0.464 e. The fraction of sp³-hybridized carbons (Fsp3) is 0.286. The molecule has 1 atom stereocenters. The van der Waals surface area contributed by atoms with Crippen molar-refractivity contribution >= 4 is 49.6 Å². The van der Waals surface area contributed by atoms with Crippen LogP contribution in [0.3, 0.4) is 0 Å². The average Bonchev–Trinajstić information content (AvgIpc) is 3.47. The van der Waals surface area contributed by atoms with E-state index in [1.165, 1.54) is 48.5 Å². The van der Waals surface area contributed by atoms with Crippen molar-refractivity contribution in [2.45, 2.75) is 38.7 Å². The van der Waals surface area contributed by atoms with Crippen LogP contribution in [0.5, 0.6) is 0 Å². The second-order valence-electron chi connectivity index (χ2n) is 8.18. The molecule has 0 radical (unpaired) electrons. The van der Waals surface area contributed by atoms with Crippen LogP contribution >= 0.6 is 15.9 Å². The molecule has 0 saturated heterocycles. The van der Waals surface area contributed by atoms with Gasteiger partial charge in [0, 0.05) is 12.5 Å². The lowest BCUT2D eigenvalue weighted by Crippen LogP contribution is -2.36. The van der Waals surface area contributed by atoms with E-state index in [0.717, 1.165) is 11.1 Å². The van der Waals surface area contributed by atoms with Crippen molar-refractivity contribution in [1.82, 2.24) is 0 Å². The maximum atomic E-state index is 12.9. The smallest absolute Gasteiger partial charge is 0.441 e. The number of nitrogens with one attached hydrogen (secondary N) is 1. The molecule has 0 spiro atoms. The zero-order chi connectivity index (χ0) is 34.2. The molecule has 2 aromatic rings. The number of nitrogens with zero attached hydrogens (tertiary/aromatic N) is 5. The van der Waals surface area contributed by atoms with Gasteiger partial charge >= 0.3 is 24.3 Å². The van der Waals surface area contributed by atoms with Crippen molar-refractivity contribution in [3.63, 3.8) is 0 Å². The molecule has 0 saturated carbocycles. The highest BCUT2D eigenvalue weighted by molar-refractivity contribution is 9.18. The van der Waals surface area contributed by atoms with Crippen molar-refractivity contribution in [3.8, 4) is 12.1 Å².